The topological polar surface area (TPSA) is 63.7 Å². The molecule has 0 spiro atoms. The summed E-state index contributed by atoms with van der Waals surface area (Å²) in [4.78, 5) is 13.7. The number of alkyl halides is 2. The fourth-order valence-electron chi connectivity index (χ4n) is 2.47. The first-order valence-electron chi connectivity index (χ1n) is 7.31. The molecule has 0 aliphatic carbocycles. The summed E-state index contributed by atoms with van der Waals surface area (Å²) in [6.45, 7) is 0.263. The molecule has 1 aliphatic heterocycles. The maximum Gasteiger partial charge on any atom is 0.387 e. The number of ether oxygens (including phenoxy) is 1. The van der Waals surface area contributed by atoms with Crippen LogP contribution in [0.3, 0.4) is 0 Å². The predicted octanol–water partition coefficient (Wildman–Crippen LogP) is 2.39. The first-order chi connectivity index (χ1) is 10.7. The maximum absolute atomic E-state index is 12.6. The summed E-state index contributed by atoms with van der Waals surface area (Å²) < 4.78 is 53.6. The average molecular weight is 347 g/mol. The van der Waals surface area contributed by atoms with Gasteiger partial charge in [0.2, 0.25) is 5.91 Å². The van der Waals surface area contributed by atoms with Crippen molar-refractivity contribution in [2.45, 2.75) is 38.6 Å². The van der Waals surface area contributed by atoms with Crippen LogP contribution in [0.25, 0.3) is 0 Å². The molecule has 0 N–H and O–H groups in total. The average Bonchev–Trinajstić information content (AvgIpc) is 2.45. The highest BCUT2D eigenvalue weighted by atomic mass is 32.2. The Hall–Kier alpha value is -1.70. The number of halogens is 2. The quantitative estimate of drug-likeness (QED) is 0.820. The van der Waals surface area contributed by atoms with Crippen molar-refractivity contribution < 1.29 is 26.7 Å². The molecule has 0 radical (unpaired) electrons. The van der Waals surface area contributed by atoms with Crippen molar-refractivity contribution in [2.24, 2.45) is 0 Å². The molecule has 1 aromatic carbocycles. The Morgan fingerprint density at radius 2 is 2.04 bits per heavy atom. The van der Waals surface area contributed by atoms with Gasteiger partial charge in [0.05, 0.1) is 10.9 Å². The van der Waals surface area contributed by atoms with Crippen LogP contribution in [-0.2, 0) is 21.1 Å². The van der Waals surface area contributed by atoms with Crippen LogP contribution in [0.2, 0.25) is 0 Å². The highest BCUT2D eigenvalue weighted by Gasteiger charge is 2.30. The molecule has 0 bridgehead atoms. The normalized spacial score (nSPS) is 15.0. The second kappa shape index (κ2) is 6.82. The Balaban J connectivity index is 2.35. The second-order valence-corrected chi connectivity index (χ2v) is 8.20. The van der Waals surface area contributed by atoms with Gasteiger partial charge in [0, 0.05) is 6.54 Å². The first kappa shape index (κ1) is 17.7. The van der Waals surface area contributed by atoms with Crippen molar-refractivity contribution in [2.75, 3.05) is 17.2 Å². The van der Waals surface area contributed by atoms with E-state index in [0.29, 0.717) is 18.4 Å². The van der Waals surface area contributed by atoms with Crippen LogP contribution in [0, 0.1) is 0 Å². The summed E-state index contributed by atoms with van der Waals surface area (Å²) >= 11 is 0. The number of hydrogen-bond acceptors (Lipinski definition) is 4. The first-order valence-corrected chi connectivity index (χ1v) is 9.02. The standard InChI is InChI=1S/C15H19F2NO4S/c1-10(2)23(20,21)9-13(19)18-8-4-6-11-5-3-7-12(14(11)18)22-15(16)17/h3,5,7,10,15H,4,6,8-9H2,1-2H3. The third-order valence-corrected chi connectivity index (χ3v) is 5.83. The largest absolute Gasteiger partial charge is 0.433 e. The van der Waals surface area contributed by atoms with E-state index in [0.717, 1.165) is 0 Å². The fraction of sp³-hybridized carbons (Fsp3) is 0.533. The van der Waals surface area contributed by atoms with Gasteiger partial charge in [0.1, 0.15) is 11.5 Å². The molecule has 0 aromatic heterocycles. The third-order valence-electron chi connectivity index (χ3n) is 3.74. The van der Waals surface area contributed by atoms with Crippen molar-refractivity contribution in [1.29, 1.82) is 0 Å². The number of sulfone groups is 1. The molecule has 128 valence electrons. The van der Waals surface area contributed by atoms with Crippen LogP contribution in [-0.4, -0.2) is 38.5 Å². The number of carbonyl (C=O) groups excluding carboxylic acids is 1. The number of rotatable bonds is 5. The molecule has 23 heavy (non-hydrogen) atoms. The van der Waals surface area contributed by atoms with Gasteiger partial charge in [-0.15, -0.1) is 0 Å². The van der Waals surface area contributed by atoms with Gasteiger partial charge in [-0.25, -0.2) is 8.42 Å². The van der Waals surface area contributed by atoms with Gasteiger partial charge in [0.15, 0.2) is 9.84 Å². The highest BCUT2D eigenvalue weighted by molar-refractivity contribution is 7.92. The fourth-order valence-corrected chi connectivity index (χ4v) is 3.31. The number of carbonyl (C=O) groups is 1. The summed E-state index contributed by atoms with van der Waals surface area (Å²) in [5, 5.41) is -0.678. The van der Waals surface area contributed by atoms with E-state index in [2.05, 4.69) is 4.74 Å². The van der Waals surface area contributed by atoms with Crippen LogP contribution in [0.1, 0.15) is 25.8 Å². The SMILES string of the molecule is CC(C)S(=O)(=O)CC(=O)N1CCCc2cccc(OC(F)F)c21. The van der Waals surface area contributed by atoms with E-state index in [1.54, 1.807) is 12.1 Å². The number of para-hydroxylation sites is 1. The van der Waals surface area contributed by atoms with Crippen LogP contribution < -0.4 is 9.64 Å². The van der Waals surface area contributed by atoms with E-state index in [1.807, 2.05) is 0 Å². The molecule has 0 saturated heterocycles. The lowest BCUT2D eigenvalue weighted by Crippen LogP contribution is -2.40. The molecule has 1 aliphatic rings. The highest BCUT2D eigenvalue weighted by Crippen LogP contribution is 2.37. The lowest BCUT2D eigenvalue weighted by atomic mass is 10.0. The summed E-state index contributed by atoms with van der Waals surface area (Å²) in [5.74, 6) is -1.37. The number of aryl methyl sites for hydroxylation is 1. The number of nitrogens with zero attached hydrogens (tertiary/aromatic N) is 1. The Labute approximate surface area is 134 Å². The van der Waals surface area contributed by atoms with Gasteiger partial charge in [0.25, 0.3) is 0 Å². The molecule has 0 fully saturated rings. The van der Waals surface area contributed by atoms with Crippen molar-refractivity contribution in [3.8, 4) is 5.75 Å². The van der Waals surface area contributed by atoms with Gasteiger partial charge in [-0.2, -0.15) is 8.78 Å². The monoisotopic (exact) mass is 347 g/mol. The number of anilines is 1. The van der Waals surface area contributed by atoms with Gasteiger partial charge in [-0.1, -0.05) is 12.1 Å². The van der Waals surface area contributed by atoms with E-state index < -0.39 is 33.4 Å². The maximum atomic E-state index is 12.6. The molecule has 1 aromatic rings. The Bertz CT molecular complexity index is 689. The lowest BCUT2D eigenvalue weighted by molar-refractivity contribution is -0.116. The number of hydrogen-bond donors (Lipinski definition) is 0. The minimum absolute atomic E-state index is 0.104. The number of amides is 1. The molecule has 0 saturated carbocycles. The van der Waals surface area contributed by atoms with Crippen LogP contribution in [0.15, 0.2) is 18.2 Å². The van der Waals surface area contributed by atoms with E-state index in [9.17, 15) is 22.0 Å². The van der Waals surface area contributed by atoms with Gasteiger partial charge >= 0.3 is 6.61 Å². The summed E-state index contributed by atoms with van der Waals surface area (Å²) in [6.07, 6.45) is 1.26. The molecule has 8 heteroatoms. The zero-order valence-electron chi connectivity index (χ0n) is 13.0. The van der Waals surface area contributed by atoms with E-state index in [-0.39, 0.29) is 18.0 Å². The van der Waals surface area contributed by atoms with Crippen molar-refractivity contribution in [3.63, 3.8) is 0 Å². The van der Waals surface area contributed by atoms with Crippen molar-refractivity contribution in [1.82, 2.24) is 0 Å². The molecule has 1 amide bonds. The molecule has 1 heterocycles. The van der Waals surface area contributed by atoms with Crippen LogP contribution >= 0.6 is 0 Å². The van der Waals surface area contributed by atoms with Crippen LogP contribution in [0.4, 0.5) is 14.5 Å². The molecule has 2 rings (SSSR count). The lowest BCUT2D eigenvalue weighted by Gasteiger charge is -2.31. The summed E-state index contributed by atoms with van der Waals surface area (Å²) in [7, 11) is -3.57. The second-order valence-electron chi connectivity index (χ2n) is 5.65. The summed E-state index contributed by atoms with van der Waals surface area (Å²) in [6, 6.07) is 4.66. The molecular weight excluding hydrogens is 328 g/mol. The smallest absolute Gasteiger partial charge is 0.387 e. The molecule has 0 unspecified atom stereocenters. The third kappa shape index (κ3) is 3.99. The van der Waals surface area contributed by atoms with Crippen LogP contribution in [0.5, 0.6) is 5.75 Å². The summed E-state index contributed by atoms with van der Waals surface area (Å²) in [5.41, 5.74) is 0.952. The predicted molar refractivity (Wildman–Crippen MR) is 82.7 cm³/mol. The molecule has 0 atom stereocenters. The Kier molecular flexibility index (Phi) is 5.23. The molecule has 5 nitrogen and oxygen atoms in total. The zero-order valence-corrected chi connectivity index (χ0v) is 13.8. The zero-order chi connectivity index (χ0) is 17.2. The molecular formula is C15H19F2NO4S. The number of benzene rings is 1. The Morgan fingerprint density at radius 1 is 1.35 bits per heavy atom. The van der Waals surface area contributed by atoms with Gasteiger partial charge in [-0.3, -0.25) is 4.79 Å². The van der Waals surface area contributed by atoms with Crippen molar-refractivity contribution >= 4 is 21.4 Å². The minimum atomic E-state index is -3.57. The number of fused-ring (bicyclic) bond motifs is 1. The van der Waals surface area contributed by atoms with Gasteiger partial charge < -0.3 is 9.64 Å². The van der Waals surface area contributed by atoms with E-state index in [4.69, 9.17) is 0 Å². The van der Waals surface area contributed by atoms with E-state index >= 15 is 0 Å². The Morgan fingerprint density at radius 3 is 2.65 bits per heavy atom. The minimum Gasteiger partial charge on any atom is -0.433 e. The van der Waals surface area contributed by atoms with E-state index in [1.165, 1.54) is 24.8 Å². The van der Waals surface area contributed by atoms with Crippen molar-refractivity contribution in [3.05, 3.63) is 23.8 Å². The van der Waals surface area contributed by atoms with Gasteiger partial charge in [-0.05, 0) is 38.3 Å².